The predicted molar refractivity (Wildman–Crippen MR) is 86.3 cm³/mol. The number of thiazole rings is 1. The summed E-state index contributed by atoms with van der Waals surface area (Å²) in [5.41, 5.74) is 0.779. The van der Waals surface area contributed by atoms with Crippen molar-refractivity contribution in [3.63, 3.8) is 0 Å². The van der Waals surface area contributed by atoms with Gasteiger partial charge in [0.05, 0.1) is 12.2 Å². The second-order valence-electron chi connectivity index (χ2n) is 5.01. The molecule has 0 radical (unpaired) electrons. The predicted octanol–water partition coefficient (Wildman–Crippen LogP) is 2.29. The molecule has 2 heterocycles. The van der Waals surface area contributed by atoms with Crippen LogP contribution in [0.2, 0.25) is 0 Å². The molecule has 1 aromatic carbocycles. The van der Waals surface area contributed by atoms with Gasteiger partial charge in [0, 0.05) is 16.7 Å². The highest BCUT2D eigenvalue weighted by molar-refractivity contribution is 7.99. The van der Waals surface area contributed by atoms with Crippen LogP contribution >= 0.6 is 23.1 Å². The maximum atomic E-state index is 12.0. The molecule has 0 saturated carbocycles. The first-order valence-corrected chi connectivity index (χ1v) is 8.79. The molecule has 21 heavy (non-hydrogen) atoms. The van der Waals surface area contributed by atoms with Crippen molar-refractivity contribution >= 4 is 29.0 Å². The van der Waals surface area contributed by atoms with Crippen LogP contribution in [-0.4, -0.2) is 33.1 Å². The van der Waals surface area contributed by atoms with Crippen LogP contribution in [0.25, 0.3) is 11.3 Å². The Kier molecular flexibility index (Phi) is 4.28. The van der Waals surface area contributed by atoms with Crippen molar-refractivity contribution in [1.29, 1.82) is 0 Å². The highest BCUT2D eigenvalue weighted by Crippen LogP contribution is 2.28. The van der Waals surface area contributed by atoms with E-state index in [0.717, 1.165) is 22.0 Å². The first-order chi connectivity index (χ1) is 10.2. The lowest BCUT2D eigenvalue weighted by molar-refractivity contribution is -0.137. The summed E-state index contributed by atoms with van der Waals surface area (Å²) in [7, 11) is 0. The molecule has 0 bridgehead atoms. The highest BCUT2D eigenvalue weighted by atomic mass is 32.2. The molecule has 1 fully saturated rings. The van der Waals surface area contributed by atoms with Gasteiger partial charge in [-0.25, -0.2) is 4.98 Å². The average Bonchev–Trinajstić information content (AvgIpc) is 3.15. The Bertz CT molecular complexity index is 622. The minimum atomic E-state index is -1.20. The van der Waals surface area contributed by atoms with E-state index in [1.807, 2.05) is 35.7 Å². The summed E-state index contributed by atoms with van der Waals surface area (Å²) < 4.78 is 0. The zero-order valence-electron chi connectivity index (χ0n) is 11.4. The second-order valence-corrected chi connectivity index (χ2v) is 7.06. The second kappa shape index (κ2) is 6.17. The summed E-state index contributed by atoms with van der Waals surface area (Å²) in [6.45, 7) is 0.364. The minimum Gasteiger partial charge on any atom is -0.379 e. The van der Waals surface area contributed by atoms with Crippen LogP contribution in [0.15, 0.2) is 35.7 Å². The van der Waals surface area contributed by atoms with Gasteiger partial charge in [0.25, 0.3) is 5.91 Å². The monoisotopic (exact) mass is 320 g/mol. The van der Waals surface area contributed by atoms with Crippen LogP contribution in [0.1, 0.15) is 11.4 Å². The molecule has 1 unspecified atom stereocenters. The number of hydrogen-bond donors (Lipinski definition) is 2. The highest BCUT2D eigenvalue weighted by Gasteiger charge is 2.39. The molecule has 4 nitrogen and oxygen atoms in total. The van der Waals surface area contributed by atoms with E-state index in [-0.39, 0.29) is 5.91 Å². The quantitative estimate of drug-likeness (QED) is 0.907. The zero-order chi connectivity index (χ0) is 14.7. The van der Waals surface area contributed by atoms with E-state index in [1.54, 1.807) is 11.8 Å². The summed E-state index contributed by atoms with van der Waals surface area (Å²) in [4.78, 5) is 16.5. The molecule has 6 heteroatoms. The molecule has 110 valence electrons. The maximum Gasteiger partial charge on any atom is 0.253 e. The van der Waals surface area contributed by atoms with E-state index in [9.17, 15) is 9.90 Å². The summed E-state index contributed by atoms with van der Waals surface area (Å²) in [5.74, 6) is 1.02. The number of benzene rings is 1. The number of aliphatic hydroxyl groups is 1. The van der Waals surface area contributed by atoms with Crippen molar-refractivity contribution in [2.24, 2.45) is 0 Å². The Labute approximate surface area is 131 Å². The number of nitrogens with zero attached hydrogens (tertiary/aromatic N) is 1. The number of nitrogens with one attached hydrogen (secondary N) is 1. The Morgan fingerprint density at radius 2 is 2.19 bits per heavy atom. The van der Waals surface area contributed by atoms with E-state index in [0.29, 0.717) is 18.7 Å². The Morgan fingerprint density at radius 3 is 2.90 bits per heavy atom. The van der Waals surface area contributed by atoms with Gasteiger partial charge in [-0.05, 0) is 12.2 Å². The van der Waals surface area contributed by atoms with E-state index >= 15 is 0 Å². The number of amides is 1. The van der Waals surface area contributed by atoms with Gasteiger partial charge in [-0.2, -0.15) is 11.8 Å². The smallest absolute Gasteiger partial charge is 0.253 e. The largest absolute Gasteiger partial charge is 0.379 e. The molecule has 1 amide bonds. The summed E-state index contributed by atoms with van der Waals surface area (Å²) in [5, 5.41) is 15.8. The van der Waals surface area contributed by atoms with E-state index < -0.39 is 5.60 Å². The summed E-state index contributed by atoms with van der Waals surface area (Å²) in [6, 6.07) is 9.94. The van der Waals surface area contributed by atoms with Crippen LogP contribution in [0, 0.1) is 0 Å². The van der Waals surface area contributed by atoms with E-state index in [2.05, 4.69) is 10.3 Å². The Morgan fingerprint density at radius 1 is 1.38 bits per heavy atom. The third-order valence-corrected chi connectivity index (χ3v) is 5.47. The summed E-state index contributed by atoms with van der Waals surface area (Å²) in [6.07, 6.45) is 0.524. The summed E-state index contributed by atoms with van der Waals surface area (Å²) >= 11 is 3.12. The van der Waals surface area contributed by atoms with Gasteiger partial charge in [-0.15, -0.1) is 11.3 Å². The molecular formula is C15H16N2O2S2. The van der Waals surface area contributed by atoms with Crippen LogP contribution in [-0.2, 0) is 11.3 Å². The lowest BCUT2D eigenvalue weighted by Crippen LogP contribution is -2.46. The van der Waals surface area contributed by atoms with Gasteiger partial charge in [-0.1, -0.05) is 30.3 Å². The lowest BCUT2D eigenvalue weighted by atomic mass is 10.0. The van der Waals surface area contributed by atoms with Crippen molar-refractivity contribution < 1.29 is 9.90 Å². The molecule has 2 aromatic rings. The molecular weight excluding hydrogens is 304 g/mol. The standard InChI is InChI=1S/C15H16N2O2S2/c18-14(15(19)6-7-20-10-15)16-8-13-17-12(9-21-13)11-4-2-1-3-5-11/h1-5,9,19H,6-8,10H2,(H,16,18). The number of aromatic nitrogens is 1. The van der Waals surface area contributed by atoms with Crippen molar-refractivity contribution in [2.75, 3.05) is 11.5 Å². The lowest BCUT2D eigenvalue weighted by Gasteiger charge is -2.19. The number of carbonyl (C=O) groups excluding carboxylic acids is 1. The van der Waals surface area contributed by atoms with Gasteiger partial charge < -0.3 is 10.4 Å². The van der Waals surface area contributed by atoms with Crippen LogP contribution in [0.4, 0.5) is 0 Å². The van der Waals surface area contributed by atoms with Crippen molar-refractivity contribution in [3.05, 3.63) is 40.7 Å². The Balaban J connectivity index is 1.62. The fourth-order valence-electron chi connectivity index (χ4n) is 2.19. The SMILES string of the molecule is O=C(NCc1nc(-c2ccccc2)cs1)C1(O)CCSC1. The first kappa shape index (κ1) is 14.6. The van der Waals surface area contributed by atoms with Crippen LogP contribution < -0.4 is 5.32 Å². The van der Waals surface area contributed by atoms with Gasteiger partial charge in [0.15, 0.2) is 5.60 Å². The zero-order valence-corrected chi connectivity index (χ0v) is 13.0. The number of rotatable bonds is 4. The van der Waals surface area contributed by atoms with Gasteiger partial charge >= 0.3 is 0 Å². The number of thioether (sulfide) groups is 1. The van der Waals surface area contributed by atoms with Crippen LogP contribution in [0.5, 0.6) is 0 Å². The normalized spacial score (nSPS) is 21.4. The van der Waals surface area contributed by atoms with E-state index in [1.165, 1.54) is 11.3 Å². The van der Waals surface area contributed by atoms with Gasteiger partial charge in [0.2, 0.25) is 0 Å². The fraction of sp³-hybridized carbons (Fsp3) is 0.333. The third kappa shape index (κ3) is 3.28. The van der Waals surface area contributed by atoms with Crippen molar-refractivity contribution in [3.8, 4) is 11.3 Å². The molecule has 1 atom stereocenters. The van der Waals surface area contributed by atoms with Crippen molar-refractivity contribution in [1.82, 2.24) is 10.3 Å². The average molecular weight is 320 g/mol. The Hall–Kier alpha value is -1.37. The van der Waals surface area contributed by atoms with Crippen molar-refractivity contribution in [2.45, 2.75) is 18.6 Å². The fourth-order valence-corrected chi connectivity index (χ4v) is 4.17. The molecule has 1 aromatic heterocycles. The number of hydrogen-bond acceptors (Lipinski definition) is 5. The third-order valence-electron chi connectivity index (χ3n) is 3.44. The molecule has 0 spiro atoms. The van der Waals surface area contributed by atoms with Gasteiger partial charge in [-0.3, -0.25) is 4.79 Å². The van der Waals surface area contributed by atoms with E-state index in [4.69, 9.17) is 0 Å². The molecule has 0 aliphatic carbocycles. The molecule has 3 rings (SSSR count). The van der Waals surface area contributed by atoms with Crippen LogP contribution in [0.3, 0.4) is 0 Å². The van der Waals surface area contributed by atoms with Gasteiger partial charge in [0.1, 0.15) is 5.01 Å². The first-order valence-electron chi connectivity index (χ1n) is 6.76. The molecule has 1 saturated heterocycles. The molecule has 2 N–H and O–H groups in total. The number of carbonyl (C=O) groups is 1. The minimum absolute atomic E-state index is 0.288. The molecule has 1 aliphatic rings. The topological polar surface area (TPSA) is 62.2 Å². The molecule has 1 aliphatic heterocycles. The maximum absolute atomic E-state index is 12.0.